The van der Waals surface area contributed by atoms with Crippen LogP contribution in [0.1, 0.15) is 25.8 Å². The van der Waals surface area contributed by atoms with E-state index in [2.05, 4.69) is 5.32 Å². The Morgan fingerprint density at radius 3 is 2.60 bits per heavy atom. The summed E-state index contributed by atoms with van der Waals surface area (Å²) in [5.41, 5.74) is 6.83. The number of rotatable bonds is 6. The molecule has 1 aromatic carbocycles. The number of non-ortho nitro benzene ring substituents is 1. The molecule has 1 atom stereocenters. The Balaban J connectivity index is 2.88. The second-order valence-corrected chi connectivity index (χ2v) is 5.31. The van der Waals surface area contributed by atoms with Crippen LogP contribution in [0.2, 0.25) is 0 Å². The second kappa shape index (κ2) is 7.00. The van der Waals surface area contributed by atoms with Gasteiger partial charge in [-0.15, -0.1) is 0 Å². The second-order valence-electron chi connectivity index (χ2n) is 5.31. The van der Waals surface area contributed by atoms with Gasteiger partial charge in [0.05, 0.1) is 16.5 Å². The summed E-state index contributed by atoms with van der Waals surface area (Å²) in [6.07, 6.45) is 0.691. The summed E-state index contributed by atoms with van der Waals surface area (Å²) in [7, 11) is 0. The molecule has 110 valence electrons. The van der Waals surface area contributed by atoms with Gasteiger partial charge in [-0.05, 0) is 24.8 Å². The summed E-state index contributed by atoms with van der Waals surface area (Å²) >= 11 is 0. The number of anilines is 1. The van der Waals surface area contributed by atoms with Crippen molar-refractivity contribution in [2.75, 3.05) is 11.9 Å². The average molecular weight is 279 g/mol. The fourth-order valence-electron chi connectivity index (χ4n) is 1.97. The van der Waals surface area contributed by atoms with Crippen LogP contribution in [0.25, 0.3) is 0 Å². The normalized spacial score (nSPS) is 12.2. The van der Waals surface area contributed by atoms with E-state index in [0.717, 1.165) is 5.56 Å². The van der Waals surface area contributed by atoms with E-state index in [-0.39, 0.29) is 24.1 Å². The SMILES string of the molecule is Cc1ccc([N+](=O)[O-])cc1NC(=O)C(CN)CC(C)C. The number of nitrogens with two attached hydrogens (primary N) is 1. The zero-order valence-electron chi connectivity index (χ0n) is 12.1. The van der Waals surface area contributed by atoms with Crippen LogP contribution in [0.3, 0.4) is 0 Å². The quantitative estimate of drug-likeness (QED) is 0.617. The monoisotopic (exact) mass is 279 g/mol. The number of hydrogen-bond donors (Lipinski definition) is 2. The van der Waals surface area contributed by atoms with Gasteiger partial charge in [-0.3, -0.25) is 14.9 Å². The Morgan fingerprint density at radius 2 is 2.10 bits per heavy atom. The molecular weight excluding hydrogens is 258 g/mol. The van der Waals surface area contributed by atoms with Crippen molar-refractivity contribution in [2.24, 2.45) is 17.6 Å². The van der Waals surface area contributed by atoms with Gasteiger partial charge in [0.25, 0.3) is 5.69 Å². The van der Waals surface area contributed by atoms with E-state index in [0.29, 0.717) is 18.0 Å². The molecule has 0 spiro atoms. The molecule has 0 bridgehead atoms. The van der Waals surface area contributed by atoms with E-state index in [1.54, 1.807) is 13.0 Å². The first-order valence-corrected chi connectivity index (χ1v) is 6.61. The van der Waals surface area contributed by atoms with Gasteiger partial charge >= 0.3 is 0 Å². The van der Waals surface area contributed by atoms with Crippen molar-refractivity contribution in [2.45, 2.75) is 27.2 Å². The van der Waals surface area contributed by atoms with Crippen LogP contribution >= 0.6 is 0 Å². The number of nitrogens with zero attached hydrogens (tertiary/aromatic N) is 1. The molecule has 1 aromatic rings. The van der Waals surface area contributed by atoms with Crippen molar-refractivity contribution in [3.05, 3.63) is 33.9 Å². The van der Waals surface area contributed by atoms with Crippen molar-refractivity contribution >= 4 is 17.3 Å². The summed E-state index contributed by atoms with van der Waals surface area (Å²) in [5.74, 6) is -0.112. The smallest absolute Gasteiger partial charge is 0.271 e. The van der Waals surface area contributed by atoms with E-state index >= 15 is 0 Å². The molecule has 1 amide bonds. The zero-order chi connectivity index (χ0) is 15.3. The maximum Gasteiger partial charge on any atom is 0.271 e. The highest BCUT2D eigenvalue weighted by molar-refractivity contribution is 5.93. The van der Waals surface area contributed by atoms with Crippen LogP contribution in [0.4, 0.5) is 11.4 Å². The first-order chi connectivity index (χ1) is 9.35. The number of amides is 1. The van der Waals surface area contributed by atoms with E-state index in [1.807, 2.05) is 13.8 Å². The van der Waals surface area contributed by atoms with Crippen LogP contribution in [0.15, 0.2) is 18.2 Å². The molecule has 0 aliphatic heterocycles. The number of aryl methyl sites for hydroxylation is 1. The molecule has 6 nitrogen and oxygen atoms in total. The van der Waals surface area contributed by atoms with Gasteiger partial charge in [0.15, 0.2) is 0 Å². The third-order valence-electron chi connectivity index (χ3n) is 3.10. The van der Waals surface area contributed by atoms with Gasteiger partial charge in [0.2, 0.25) is 5.91 Å². The molecule has 0 aliphatic rings. The molecule has 0 saturated heterocycles. The lowest BCUT2D eigenvalue weighted by Crippen LogP contribution is -2.30. The van der Waals surface area contributed by atoms with Gasteiger partial charge < -0.3 is 11.1 Å². The van der Waals surface area contributed by atoms with Crippen molar-refractivity contribution in [3.8, 4) is 0 Å². The lowest BCUT2D eigenvalue weighted by atomic mass is 9.96. The van der Waals surface area contributed by atoms with Crippen LogP contribution in [0, 0.1) is 28.9 Å². The number of nitro groups is 1. The van der Waals surface area contributed by atoms with Gasteiger partial charge in [-0.25, -0.2) is 0 Å². The van der Waals surface area contributed by atoms with Crippen LogP contribution in [0.5, 0.6) is 0 Å². The topological polar surface area (TPSA) is 98.3 Å². The molecule has 0 aromatic heterocycles. The van der Waals surface area contributed by atoms with Gasteiger partial charge in [0.1, 0.15) is 0 Å². The van der Waals surface area contributed by atoms with Gasteiger partial charge in [-0.2, -0.15) is 0 Å². The molecule has 3 N–H and O–H groups in total. The fourth-order valence-corrected chi connectivity index (χ4v) is 1.97. The van der Waals surface area contributed by atoms with E-state index in [1.165, 1.54) is 12.1 Å². The minimum Gasteiger partial charge on any atom is -0.330 e. The summed E-state index contributed by atoms with van der Waals surface area (Å²) in [6.45, 7) is 6.10. The molecule has 0 heterocycles. The maximum absolute atomic E-state index is 12.2. The highest BCUT2D eigenvalue weighted by atomic mass is 16.6. The minimum absolute atomic E-state index is 0.0425. The van der Waals surface area contributed by atoms with Crippen molar-refractivity contribution in [1.29, 1.82) is 0 Å². The number of benzene rings is 1. The first kappa shape index (κ1) is 16.1. The Kier molecular flexibility index (Phi) is 5.64. The molecule has 0 saturated carbocycles. The highest BCUT2D eigenvalue weighted by Crippen LogP contribution is 2.23. The predicted molar refractivity (Wildman–Crippen MR) is 78.5 cm³/mol. The first-order valence-electron chi connectivity index (χ1n) is 6.61. The van der Waals surface area contributed by atoms with Crippen molar-refractivity contribution in [1.82, 2.24) is 0 Å². The van der Waals surface area contributed by atoms with Crippen molar-refractivity contribution in [3.63, 3.8) is 0 Å². The molecule has 0 radical (unpaired) electrons. The number of carbonyl (C=O) groups excluding carboxylic acids is 1. The Hall–Kier alpha value is -1.95. The molecule has 1 rings (SSSR count). The standard InChI is InChI=1S/C14H21N3O3/c1-9(2)6-11(8-15)14(18)16-13-7-12(17(19)20)5-4-10(13)3/h4-5,7,9,11H,6,8,15H2,1-3H3,(H,16,18). The lowest BCUT2D eigenvalue weighted by Gasteiger charge is -2.17. The van der Waals surface area contributed by atoms with Gasteiger partial charge in [0, 0.05) is 18.7 Å². The summed E-state index contributed by atoms with van der Waals surface area (Å²) in [6, 6.07) is 4.41. The third kappa shape index (κ3) is 4.31. The van der Waals surface area contributed by atoms with Crippen molar-refractivity contribution < 1.29 is 9.72 Å². The maximum atomic E-state index is 12.2. The van der Waals surface area contributed by atoms with Crippen LogP contribution in [-0.2, 0) is 4.79 Å². The highest BCUT2D eigenvalue weighted by Gasteiger charge is 2.19. The molecule has 6 heteroatoms. The molecular formula is C14H21N3O3. The third-order valence-corrected chi connectivity index (χ3v) is 3.10. The predicted octanol–water partition coefficient (Wildman–Crippen LogP) is 2.46. The Morgan fingerprint density at radius 1 is 1.45 bits per heavy atom. The summed E-state index contributed by atoms with van der Waals surface area (Å²) < 4.78 is 0. The average Bonchev–Trinajstić information content (AvgIpc) is 2.37. The van der Waals surface area contributed by atoms with Crippen LogP contribution < -0.4 is 11.1 Å². The molecule has 0 fully saturated rings. The summed E-state index contributed by atoms with van der Waals surface area (Å²) in [4.78, 5) is 22.4. The summed E-state index contributed by atoms with van der Waals surface area (Å²) in [5, 5.41) is 13.5. The molecule has 0 aliphatic carbocycles. The molecule has 20 heavy (non-hydrogen) atoms. The van der Waals surface area contributed by atoms with Crippen LogP contribution in [-0.4, -0.2) is 17.4 Å². The van der Waals surface area contributed by atoms with Gasteiger partial charge in [-0.1, -0.05) is 19.9 Å². The Labute approximate surface area is 118 Å². The molecule has 1 unspecified atom stereocenters. The lowest BCUT2D eigenvalue weighted by molar-refractivity contribution is -0.384. The zero-order valence-corrected chi connectivity index (χ0v) is 12.1. The number of hydrogen-bond acceptors (Lipinski definition) is 4. The number of carbonyl (C=O) groups is 1. The number of nitro benzene ring substituents is 1. The number of nitrogens with one attached hydrogen (secondary N) is 1. The fraction of sp³-hybridized carbons (Fsp3) is 0.500. The van der Waals surface area contributed by atoms with E-state index in [4.69, 9.17) is 5.73 Å². The largest absolute Gasteiger partial charge is 0.330 e. The Bertz CT molecular complexity index is 500. The van der Waals surface area contributed by atoms with E-state index in [9.17, 15) is 14.9 Å². The minimum atomic E-state index is -0.483. The van der Waals surface area contributed by atoms with E-state index < -0.39 is 4.92 Å².